The molecule has 0 N–H and O–H groups in total. The normalized spacial score (nSPS) is 14.9. The lowest BCUT2D eigenvalue weighted by atomic mass is 9.83. The zero-order valence-electron chi connectivity index (χ0n) is 10.8. The number of terminal acetylenes is 1. The van der Waals surface area contributed by atoms with Crippen molar-refractivity contribution < 1.29 is 13.2 Å². The molecule has 98 valence electrons. The molecule has 0 aliphatic heterocycles. The molecule has 0 aliphatic carbocycles. The first-order valence-electron chi connectivity index (χ1n) is 5.95. The van der Waals surface area contributed by atoms with E-state index in [0.29, 0.717) is 5.56 Å². The van der Waals surface area contributed by atoms with Crippen LogP contribution >= 0.6 is 0 Å². The lowest BCUT2D eigenvalue weighted by Gasteiger charge is -2.22. The summed E-state index contributed by atoms with van der Waals surface area (Å²) < 4.78 is 38.5. The monoisotopic (exact) mass is 254 g/mol. The molecule has 1 unspecified atom stereocenters. The van der Waals surface area contributed by atoms with Crippen molar-refractivity contribution in [3.63, 3.8) is 0 Å². The van der Waals surface area contributed by atoms with Gasteiger partial charge >= 0.3 is 6.18 Å². The second-order valence-electron chi connectivity index (χ2n) is 4.55. The largest absolute Gasteiger partial charge is 0.416 e. The van der Waals surface area contributed by atoms with Crippen LogP contribution in [0, 0.1) is 25.2 Å². The average molecular weight is 254 g/mol. The van der Waals surface area contributed by atoms with Gasteiger partial charge < -0.3 is 0 Å². The van der Waals surface area contributed by atoms with Gasteiger partial charge in [-0.05, 0) is 30.0 Å². The smallest absolute Gasteiger partial charge is 0.166 e. The minimum atomic E-state index is -4.32. The van der Waals surface area contributed by atoms with Crippen molar-refractivity contribution in [1.29, 1.82) is 0 Å². The second kappa shape index (κ2) is 5.48. The molecular formula is C15H17F3. The lowest BCUT2D eigenvalue weighted by Crippen LogP contribution is -2.13. The molecule has 0 heterocycles. The number of benzene rings is 1. The van der Waals surface area contributed by atoms with E-state index in [1.165, 1.54) is 13.0 Å². The van der Waals surface area contributed by atoms with Gasteiger partial charge in [0.1, 0.15) is 0 Å². The maximum absolute atomic E-state index is 12.8. The van der Waals surface area contributed by atoms with Crippen LogP contribution in [0.3, 0.4) is 0 Å². The molecule has 2 atom stereocenters. The number of halogens is 3. The van der Waals surface area contributed by atoms with E-state index in [0.717, 1.165) is 12.5 Å². The van der Waals surface area contributed by atoms with E-state index < -0.39 is 11.7 Å². The molecule has 0 saturated carbocycles. The Morgan fingerprint density at radius 3 is 2.39 bits per heavy atom. The third kappa shape index (κ3) is 2.87. The van der Waals surface area contributed by atoms with Crippen LogP contribution in [0.1, 0.15) is 42.9 Å². The summed E-state index contributed by atoms with van der Waals surface area (Å²) >= 11 is 0. The van der Waals surface area contributed by atoms with Crippen molar-refractivity contribution in [2.75, 3.05) is 0 Å². The van der Waals surface area contributed by atoms with Crippen LogP contribution in [0.4, 0.5) is 13.2 Å². The minimum Gasteiger partial charge on any atom is -0.166 e. The van der Waals surface area contributed by atoms with Crippen molar-refractivity contribution in [3.8, 4) is 12.3 Å². The van der Waals surface area contributed by atoms with Crippen LogP contribution in [0.15, 0.2) is 18.2 Å². The van der Waals surface area contributed by atoms with Crippen molar-refractivity contribution >= 4 is 0 Å². The molecule has 0 aromatic heterocycles. The van der Waals surface area contributed by atoms with E-state index >= 15 is 0 Å². The summed E-state index contributed by atoms with van der Waals surface area (Å²) in [5, 5.41) is 0. The van der Waals surface area contributed by atoms with E-state index in [2.05, 4.69) is 5.92 Å². The number of hydrogen-bond acceptors (Lipinski definition) is 0. The Morgan fingerprint density at radius 1 is 1.33 bits per heavy atom. The quantitative estimate of drug-likeness (QED) is 0.681. The summed E-state index contributed by atoms with van der Waals surface area (Å²) in [6.45, 7) is 5.44. The van der Waals surface area contributed by atoms with Gasteiger partial charge in [0.15, 0.2) is 0 Å². The Morgan fingerprint density at radius 2 is 1.94 bits per heavy atom. The lowest BCUT2D eigenvalue weighted by molar-refractivity contribution is -0.138. The van der Waals surface area contributed by atoms with E-state index in [9.17, 15) is 13.2 Å². The van der Waals surface area contributed by atoms with Crippen LogP contribution < -0.4 is 0 Å². The molecule has 18 heavy (non-hydrogen) atoms. The Labute approximate surface area is 106 Å². The zero-order valence-corrected chi connectivity index (χ0v) is 10.8. The van der Waals surface area contributed by atoms with Crippen LogP contribution in [0.5, 0.6) is 0 Å². The van der Waals surface area contributed by atoms with Gasteiger partial charge in [-0.3, -0.25) is 0 Å². The van der Waals surface area contributed by atoms with Gasteiger partial charge in [-0.2, -0.15) is 13.2 Å². The van der Waals surface area contributed by atoms with Gasteiger partial charge in [0.05, 0.1) is 5.56 Å². The van der Waals surface area contributed by atoms with Gasteiger partial charge in [0.25, 0.3) is 0 Å². The van der Waals surface area contributed by atoms with Crippen molar-refractivity contribution in [3.05, 3.63) is 34.9 Å². The van der Waals surface area contributed by atoms with Crippen LogP contribution in [0.2, 0.25) is 0 Å². The Hall–Kier alpha value is -1.43. The maximum atomic E-state index is 12.8. The average Bonchev–Trinajstić information content (AvgIpc) is 2.30. The first-order chi connectivity index (χ1) is 8.32. The van der Waals surface area contributed by atoms with Gasteiger partial charge in [-0.1, -0.05) is 38.3 Å². The fourth-order valence-electron chi connectivity index (χ4n) is 2.09. The molecular weight excluding hydrogens is 237 g/mol. The molecule has 0 fully saturated rings. The first-order valence-corrected chi connectivity index (χ1v) is 5.95. The second-order valence-corrected chi connectivity index (χ2v) is 4.55. The van der Waals surface area contributed by atoms with Gasteiger partial charge in [0, 0.05) is 5.92 Å². The summed E-state index contributed by atoms with van der Waals surface area (Å²) in [5.74, 6) is 2.52. The highest BCUT2D eigenvalue weighted by atomic mass is 19.4. The molecule has 0 aliphatic rings. The third-order valence-electron chi connectivity index (χ3n) is 3.41. The topological polar surface area (TPSA) is 0 Å². The molecule has 0 nitrogen and oxygen atoms in total. The predicted molar refractivity (Wildman–Crippen MR) is 67.2 cm³/mol. The zero-order chi connectivity index (χ0) is 13.9. The molecule has 0 spiro atoms. The molecule has 0 radical (unpaired) electrons. The summed E-state index contributed by atoms with van der Waals surface area (Å²) in [6.07, 6.45) is 1.99. The minimum absolute atomic E-state index is 0.164. The van der Waals surface area contributed by atoms with Crippen LogP contribution in [0.25, 0.3) is 0 Å². The maximum Gasteiger partial charge on any atom is 0.416 e. The SMILES string of the molecule is C#C[C@H](c1cccc(C(F)(F)F)c1C)C(C)CC. The fraction of sp³-hybridized carbons (Fsp3) is 0.467. The fourth-order valence-corrected chi connectivity index (χ4v) is 2.09. The molecule has 1 rings (SSSR count). The number of rotatable bonds is 3. The predicted octanol–water partition coefficient (Wildman–Crippen LogP) is 4.78. The standard InChI is InChI=1S/C15H17F3/c1-5-10(3)12(6-2)13-8-7-9-14(11(13)4)15(16,17)18/h2,7-10,12H,5H2,1,3-4H3/t10?,12-/m0/s1. The Kier molecular flexibility index (Phi) is 4.45. The van der Waals surface area contributed by atoms with Crippen molar-refractivity contribution in [2.24, 2.45) is 5.92 Å². The summed E-state index contributed by atoms with van der Waals surface area (Å²) in [4.78, 5) is 0. The Balaban J connectivity index is 3.31. The summed E-state index contributed by atoms with van der Waals surface area (Å²) in [5.41, 5.74) is 0.262. The molecule has 0 saturated heterocycles. The highest BCUT2D eigenvalue weighted by Crippen LogP contribution is 2.36. The summed E-state index contributed by atoms with van der Waals surface area (Å²) in [6, 6.07) is 4.22. The molecule has 0 bridgehead atoms. The van der Waals surface area contributed by atoms with E-state index in [-0.39, 0.29) is 17.4 Å². The van der Waals surface area contributed by atoms with Crippen LogP contribution in [-0.4, -0.2) is 0 Å². The Bertz CT molecular complexity index is 452. The van der Waals surface area contributed by atoms with Crippen LogP contribution in [-0.2, 0) is 6.18 Å². The number of hydrogen-bond donors (Lipinski definition) is 0. The highest BCUT2D eigenvalue weighted by molar-refractivity contribution is 5.41. The van der Waals surface area contributed by atoms with Gasteiger partial charge in [-0.15, -0.1) is 6.42 Å². The van der Waals surface area contributed by atoms with Crippen molar-refractivity contribution in [1.82, 2.24) is 0 Å². The van der Waals surface area contributed by atoms with Gasteiger partial charge in [-0.25, -0.2) is 0 Å². The first kappa shape index (κ1) is 14.6. The molecule has 1 aromatic carbocycles. The molecule has 3 heteroatoms. The van der Waals surface area contributed by atoms with E-state index in [4.69, 9.17) is 6.42 Å². The third-order valence-corrected chi connectivity index (χ3v) is 3.41. The highest BCUT2D eigenvalue weighted by Gasteiger charge is 2.33. The molecule has 0 amide bonds. The van der Waals surface area contributed by atoms with Gasteiger partial charge in [0.2, 0.25) is 0 Å². The molecule has 1 aromatic rings. The number of alkyl halides is 3. The van der Waals surface area contributed by atoms with Crippen molar-refractivity contribution in [2.45, 2.75) is 39.3 Å². The van der Waals surface area contributed by atoms with E-state index in [1.807, 2.05) is 13.8 Å². The summed E-state index contributed by atoms with van der Waals surface area (Å²) in [7, 11) is 0. The van der Waals surface area contributed by atoms with E-state index in [1.54, 1.807) is 6.07 Å².